The van der Waals surface area contributed by atoms with Crippen molar-refractivity contribution in [1.29, 1.82) is 0 Å². The summed E-state index contributed by atoms with van der Waals surface area (Å²) in [5.74, 6) is 0.455. The summed E-state index contributed by atoms with van der Waals surface area (Å²) in [5.41, 5.74) is 5.60. The van der Waals surface area contributed by atoms with E-state index in [1.54, 1.807) is 12.1 Å². The highest BCUT2D eigenvalue weighted by Crippen LogP contribution is 2.23. The average Bonchev–Trinajstić information content (AvgIpc) is 2.77. The van der Waals surface area contributed by atoms with Crippen LogP contribution in [0.15, 0.2) is 23.4 Å². The summed E-state index contributed by atoms with van der Waals surface area (Å²) in [6, 6.07) is 3.41. The van der Waals surface area contributed by atoms with Crippen LogP contribution in [0.3, 0.4) is 0 Å². The lowest BCUT2D eigenvalue weighted by Gasteiger charge is -2.18. The third-order valence-corrected chi connectivity index (χ3v) is 4.32. The van der Waals surface area contributed by atoms with E-state index in [-0.39, 0.29) is 0 Å². The Morgan fingerprint density at radius 2 is 2.44 bits per heavy atom. The fourth-order valence-corrected chi connectivity index (χ4v) is 3.06. The Kier molecular flexibility index (Phi) is 4.05. The van der Waals surface area contributed by atoms with Crippen LogP contribution in [0, 0.1) is 5.92 Å². The van der Waals surface area contributed by atoms with E-state index < -0.39 is 11.4 Å². The van der Waals surface area contributed by atoms with Gasteiger partial charge in [-0.05, 0) is 24.9 Å². The Morgan fingerprint density at radius 1 is 1.62 bits per heavy atom. The molecule has 0 aliphatic carbocycles. The molecule has 6 heteroatoms. The molecule has 0 radical (unpaired) electrons. The highest BCUT2D eigenvalue weighted by atomic mass is 35.5. The van der Waals surface area contributed by atoms with Gasteiger partial charge in [0.05, 0.1) is 11.2 Å². The van der Waals surface area contributed by atoms with Crippen LogP contribution in [0.5, 0.6) is 0 Å². The lowest BCUT2D eigenvalue weighted by Crippen LogP contribution is -2.30. The first-order chi connectivity index (χ1) is 7.70. The van der Waals surface area contributed by atoms with Crippen molar-refractivity contribution in [3.63, 3.8) is 0 Å². The van der Waals surface area contributed by atoms with Crippen molar-refractivity contribution in [3.8, 4) is 0 Å². The van der Waals surface area contributed by atoms with Crippen LogP contribution in [-0.2, 0) is 11.4 Å². The minimum atomic E-state index is -1.18. The molecule has 0 amide bonds. The number of nitrogens with zero attached hydrogens (tertiary/aromatic N) is 2. The first kappa shape index (κ1) is 12.1. The lowest BCUT2D eigenvalue weighted by atomic mass is 10.1. The number of hydrogen-bond donors (Lipinski definition) is 1. The number of halogens is 1. The first-order valence-electron chi connectivity index (χ1n) is 5.19. The van der Waals surface area contributed by atoms with Crippen LogP contribution in [0.1, 0.15) is 6.42 Å². The third kappa shape index (κ3) is 2.67. The molecule has 2 heterocycles. The molecule has 0 aromatic carbocycles. The van der Waals surface area contributed by atoms with Gasteiger partial charge in [-0.25, -0.2) is 4.98 Å². The number of aromatic nitrogens is 1. The van der Waals surface area contributed by atoms with Crippen LogP contribution < -0.4 is 5.73 Å². The van der Waals surface area contributed by atoms with Crippen LogP contribution in [-0.4, -0.2) is 33.5 Å². The molecule has 16 heavy (non-hydrogen) atoms. The van der Waals surface area contributed by atoms with Crippen molar-refractivity contribution >= 4 is 23.0 Å². The summed E-state index contributed by atoms with van der Waals surface area (Å²) in [7, 11) is 0. The smallest absolute Gasteiger partial charge is 0.265 e. The predicted molar refractivity (Wildman–Crippen MR) is 64.4 cm³/mol. The van der Waals surface area contributed by atoms with Crippen molar-refractivity contribution in [3.05, 3.63) is 23.4 Å². The summed E-state index contributed by atoms with van der Waals surface area (Å²) < 4.78 is 14.0. The molecule has 1 aliphatic heterocycles. The quantitative estimate of drug-likeness (QED) is 0.824. The topological polar surface area (TPSA) is 65.2 Å². The van der Waals surface area contributed by atoms with Crippen molar-refractivity contribution in [2.45, 2.75) is 11.4 Å². The van der Waals surface area contributed by atoms with Gasteiger partial charge in [0, 0.05) is 19.2 Å². The maximum absolute atomic E-state index is 12.1. The lowest BCUT2D eigenvalue weighted by molar-refractivity contribution is 0.456. The zero-order valence-corrected chi connectivity index (χ0v) is 10.4. The number of nitrogens with two attached hydrogens (primary N) is 1. The van der Waals surface area contributed by atoms with Crippen LogP contribution in [0.2, 0.25) is 5.02 Å². The minimum absolute atomic E-state index is 0.455. The van der Waals surface area contributed by atoms with Gasteiger partial charge in [0.15, 0.2) is 0 Å². The van der Waals surface area contributed by atoms with Crippen LogP contribution in [0.25, 0.3) is 0 Å². The Balaban J connectivity index is 2.02. The maximum atomic E-state index is 12.1. The molecule has 2 unspecified atom stereocenters. The molecule has 0 spiro atoms. The normalized spacial score (nSPS) is 23.6. The Morgan fingerprint density at radius 3 is 3.00 bits per heavy atom. The van der Waals surface area contributed by atoms with E-state index in [0.717, 1.165) is 19.5 Å². The van der Waals surface area contributed by atoms with Crippen LogP contribution in [0.4, 0.5) is 0 Å². The molecule has 88 valence electrons. The standard InChI is InChI=1S/C10H14ClN3OS/c11-9-1-2-10(13-6-9)16(15)14-4-3-8(5-12)7-14/h1-2,6,8H,3-5,7,12H2. The second-order valence-electron chi connectivity index (χ2n) is 3.84. The molecule has 1 saturated heterocycles. The van der Waals surface area contributed by atoms with E-state index >= 15 is 0 Å². The Labute approximate surface area is 103 Å². The molecule has 1 aromatic heterocycles. The number of hydrogen-bond acceptors (Lipinski definition) is 4. The van der Waals surface area contributed by atoms with Crippen molar-refractivity contribution in [2.24, 2.45) is 11.7 Å². The molecule has 4 nitrogen and oxygen atoms in total. The molecule has 1 aromatic rings. The fourth-order valence-electron chi connectivity index (χ4n) is 1.74. The molecule has 1 aliphatic rings. The summed E-state index contributed by atoms with van der Waals surface area (Å²) >= 11 is 4.55. The first-order valence-corrected chi connectivity index (χ1v) is 6.67. The van der Waals surface area contributed by atoms with Crippen molar-refractivity contribution in [1.82, 2.24) is 9.29 Å². The predicted octanol–water partition coefficient (Wildman–Crippen LogP) is 1.04. The largest absolute Gasteiger partial charge is 0.592 e. The van der Waals surface area contributed by atoms with Gasteiger partial charge in [-0.3, -0.25) is 0 Å². The molecule has 1 fully saturated rings. The summed E-state index contributed by atoms with van der Waals surface area (Å²) in [6.07, 6.45) is 2.53. The minimum Gasteiger partial charge on any atom is -0.592 e. The van der Waals surface area contributed by atoms with Crippen molar-refractivity contribution in [2.75, 3.05) is 19.6 Å². The van der Waals surface area contributed by atoms with E-state index in [0.29, 0.717) is 22.5 Å². The SMILES string of the molecule is NCC1CCN([S+]([O-])c2ccc(Cl)cn2)C1. The van der Waals surface area contributed by atoms with Crippen LogP contribution >= 0.6 is 11.6 Å². The molecule has 2 atom stereocenters. The fraction of sp³-hybridized carbons (Fsp3) is 0.500. The molecule has 2 N–H and O–H groups in total. The van der Waals surface area contributed by atoms with Crippen molar-refractivity contribution < 1.29 is 4.55 Å². The van der Waals surface area contributed by atoms with Gasteiger partial charge >= 0.3 is 0 Å². The van der Waals surface area contributed by atoms with Gasteiger partial charge in [-0.1, -0.05) is 11.6 Å². The van der Waals surface area contributed by atoms with E-state index in [1.165, 1.54) is 6.20 Å². The molecular weight excluding hydrogens is 246 g/mol. The maximum Gasteiger partial charge on any atom is 0.265 e. The molecular formula is C10H14ClN3OS. The Hall–Kier alpha value is -0.330. The van der Waals surface area contributed by atoms with E-state index in [2.05, 4.69) is 4.98 Å². The third-order valence-electron chi connectivity index (χ3n) is 2.70. The highest BCUT2D eigenvalue weighted by Gasteiger charge is 2.31. The number of rotatable bonds is 3. The summed E-state index contributed by atoms with van der Waals surface area (Å²) in [5, 5.41) is 1.11. The molecule has 0 saturated carbocycles. The monoisotopic (exact) mass is 259 g/mol. The number of pyridine rings is 1. The summed E-state index contributed by atoms with van der Waals surface area (Å²) in [6.45, 7) is 2.26. The average molecular weight is 260 g/mol. The van der Waals surface area contributed by atoms with Gasteiger partial charge in [-0.2, -0.15) is 0 Å². The van der Waals surface area contributed by atoms with Gasteiger partial charge < -0.3 is 10.3 Å². The molecule has 0 bridgehead atoms. The van der Waals surface area contributed by atoms with E-state index in [4.69, 9.17) is 17.3 Å². The zero-order valence-electron chi connectivity index (χ0n) is 8.80. The zero-order chi connectivity index (χ0) is 11.5. The summed E-state index contributed by atoms with van der Waals surface area (Å²) in [4.78, 5) is 4.07. The molecule has 2 rings (SSSR count). The second-order valence-corrected chi connectivity index (χ2v) is 5.71. The Bertz CT molecular complexity index is 348. The highest BCUT2D eigenvalue weighted by molar-refractivity contribution is 7.89. The second kappa shape index (κ2) is 5.33. The van der Waals surface area contributed by atoms with Gasteiger partial charge in [0.1, 0.15) is 11.4 Å². The van der Waals surface area contributed by atoms with E-state index in [1.807, 2.05) is 4.31 Å². The van der Waals surface area contributed by atoms with E-state index in [9.17, 15) is 4.55 Å². The van der Waals surface area contributed by atoms with Gasteiger partial charge in [0.25, 0.3) is 5.03 Å². The van der Waals surface area contributed by atoms with Gasteiger partial charge in [0.2, 0.25) is 0 Å². The van der Waals surface area contributed by atoms with Gasteiger partial charge in [-0.15, -0.1) is 4.31 Å².